The van der Waals surface area contributed by atoms with E-state index in [0.717, 1.165) is 18.7 Å². The van der Waals surface area contributed by atoms with E-state index in [9.17, 15) is 4.79 Å². The number of aryl methyl sites for hydroxylation is 2. The summed E-state index contributed by atoms with van der Waals surface area (Å²) in [6.07, 6.45) is 3.27. The smallest absolute Gasteiger partial charge is 0.255 e. The molecular formula is C17H20N4O2. The molecule has 120 valence electrons. The number of rotatable bonds is 3. The van der Waals surface area contributed by atoms with Crippen molar-refractivity contribution in [2.24, 2.45) is 0 Å². The second-order valence-corrected chi connectivity index (χ2v) is 5.62. The van der Waals surface area contributed by atoms with Crippen molar-refractivity contribution in [2.45, 2.75) is 13.8 Å². The molecular weight excluding hydrogens is 292 g/mol. The Labute approximate surface area is 135 Å². The summed E-state index contributed by atoms with van der Waals surface area (Å²) in [6.45, 7) is 6.97. The van der Waals surface area contributed by atoms with E-state index in [1.807, 2.05) is 32.0 Å². The first-order valence-electron chi connectivity index (χ1n) is 7.67. The Morgan fingerprint density at radius 2 is 1.83 bits per heavy atom. The van der Waals surface area contributed by atoms with Crippen molar-refractivity contribution in [3.8, 4) is 0 Å². The van der Waals surface area contributed by atoms with Gasteiger partial charge in [0.05, 0.1) is 31.3 Å². The molecule has 0 radical (unpaired) electrons. The van der Waals surface area contributed by atoms with Gasteiger partial charge in [-0.15, -0.1) is 0 Å². The number of nitrogens with zero attached hydrogens (tertiary/aromatic N) is 3. The summed E-state index contributed by atoms with van der Waals surface area (Å²) < 4.78 is 5.31. The van der Waals surface area contributed by atoms with Crippen LogP contribution in [0.5, 0.6) is 0 Å². The molecule has 0 bridgehead atoms. The number of carbonyl (C=O) groups excluding carboxylic acids is 1. The SMILES string of the molecule is Cc1ccc(C(=O)Nc2cnc(N3CCOCC3)nc2)cc1C. The van der Waals surface area contributed by atoms with Crippen LogP contribution in [0.3, 0.4) is 0 Å². The number of carbonyl (C=O) groups is 1. The van der Waals surface area contributed by atoms with Crippen LogP contribution >= 0.6 is 0 Å². The molecule has 23 heavy (non-hydrogen) atoms. The third-order valence-electron chi connectivity index (χ3n) is 3.96. The molecule has 0 aliphatic carbocycles. The minimum absolute atomic E-state index is 0.157. The van der Waals surface area contributed by atoms with Gasteiger partial charge in [0.1, 0.15) is 0 Å². The van der Waals surface area contributed by atoms with E-state index in [4.69, 9.17) is 4.74 Å². The van der Waals surface area contributed by atoms with Crippen LogP contribution in [0, 0.1) is 13.8 Å². The number of morpholine rings is 1. The van der Waals surface area contributed by atoms with Gasteiger partial charge in [-0.1, -0.05) is 6.07 Å². The van der Waals surface area contributed by atoms with E-state index in [1.54, 1.807) is 12.4 Å². The van der Waals surface area contributed by atoms with Crippen LogP contribution in [0.4, 0.5) is 11.6 Å². The lowest BCUT2D eigenvalue weighted by molar-refractivity contribution is 0.102. The predicted molar refractivity (Wildman–Crippen MR) is 88.9 cm³/mol. The zero-order valence-electron chi connectivity index (χ0n) is 13.4. The monoisotopic (exact) mass is 312 g/mol. The molecule has 2 aromatic rings. The molecule has 1 amide bonds. The van der Waals surface area contributed by atoms with Gasteiger partial charge in [0.25, 0.3) is 5.91 Å². The molecule has 0 atom stereocenters. The third kappa shape index (κ3) is 3.65. The molecule has 3 rings (SSSR count). The topological polar surface area (TPSA) is 67.4 Å². The Morgan fingerprint density at radius 3 is 2.48 bits per heavy atom. The summed E-state index contributed by atoms with van der Waals surface area (Å²) in [7, 11) is 0. The zero-order chi connectivity index (χ0) is 16.2. The maximum atomic E-state index is 12.3. The number of hydrogen-bond acceptors (Lipinski definition) is 5. The average molecular weight is 312 g/mol. The molecule has 0 spiro atoms. The van der Waals surface area contributed by atoms with Crippen molar-refractivity contribution in [3.63, 3.8) is 0 Å². The highest BCUT2D eigenvalue weighted by Gasteiger charge is 2.14. The van der Waals surface area contributed by atoms with Gasteiger partial charge in [-0.2, -0.15) is 0 Å². The lowest BCUT2D eigenvalue weighted by atomic mass is 10.1. The summed E-state index contributed by atoms with van der Waals surface area (Å²) in [5, 5.41) is 2.83. The largest absolute Gasteiger partial charge is 0.378 e. The van der Waals surface area contributed by atoms with Crippen LogP contribution in [0.25, 0.3) is 0 Å². The van der Waals surface area contributed by atoms with Gasteiger partial charge in [-0.25, -0.2) is 9.97 Å². The number of amides is 1. The average Bonchev–Trinajstić information content (AvgIpc) is 2.59. The molecule has 6 heteroatoms. The first-order chi connectivity index (χ1) is 11.1. The number of benzene rings is 1. The number of ether oxygens (including phenoxy) is 1. The fraction of sp³-hybridized carbons (Fsp3) is 0.353. The van der Waals surface area contributed by atoms with Gasteiger partial charge in [0, 0.05) is 18.7 Å². The van der Waals surface area contributed by atoms with E-state index in [2.05, 4.69) is 20.2 Å². The Hall–Kier alpha value is -2.47. The summed E-state index contributed by atoms with van der Waals surface area (Å²) in [6, 6.07) is 5.65. The van der Waals surface area contributed by atoms with Gasteiger partial charge in [0.2, 0.25) is 5.95 Å². The summed E-state index contributed by atoms with van der Waals surface area (Å²) >= 11 is 0. The maximum Gasteiger partial charge on any atom is 0.255 e. The molecule has 1 fully saturated rings. The number of hydrogen-bond donors (Lipinski definition) is 1. The maximum absolute atomic E-state index is 12.3. The molecule has 1 saturated heterocycles. The van der Waals surface area contributed by atoms with Gasteiger partial charge in [-0.3, -0.25) is 4.79 Å². The lowest BCUT2D eigenvalue weighted by Gasteiger charge is -2.26. The first-order valence-corrected chi connectivity index (χ1v) is 7.67. The lowest BCUT2D eigenvalue weighted by Crippen LogP contribution is -2.37. The standard InChI is InChI=1S/C17H20N4O2/c1-12-3-4-14(9-13(12)2)16(22)20-15-10-18-17(19-11-15)21-5-7-23-8-6-21/h3-4,9-11H,5-8H2,1-2H3,(H,20,22). The Balaban J connectivity index is 1.67. The molecule has 2 heterocycles. The molecule has 1 aromatic heterocycles. The fourth-order valence-corrected chi connectivity index (χ4v) is 2.40. The number of anilines is 2. The Bertz CT molecular complexity index is 694. The van der Waals surface area contributed by atoms with E-state index in [1.165, 1.54) is 5.56 Å². The highest BCUT2D eigenvalue weighted by Crippen LogP contribution is 2.14. The van der Waals surface area contributed by atoms with Crippen molar-refractivity contribution in [2.75, 3.05) is 36.5 Å². The predicted octanol–water partition coefficient (Wildman–Crippen LogP) is 2.18. The molecule has 1 aliphatic heterocycles. The van der Waals surface area contributed by atoms with E-state index < -0.39 is 0 Å². The quantitative estimate of drug-likeness (QED) is 0.941. The Morgan fingerprint density at radius 1 is 1.13 bits per heavy atom. The van der Waals surface area contributed by atoms with Gasteiger partial charge in [-0.05, 0) is 37.1 Å². The van der Waals surface area contributed by atoms with Crippen LogP contribution in [-0.2, 0) is 4.74 Å². The molecule has 0 saturated carbocycles. The van der Waals surface area contributed by atoms with Crippen molar-refractivity contribution in [3.05, 3.63) is 47.3 Å². The fourth-order valence-electron chi connectivity index (χ4n) is 2.40. The van der Waals surface area contributed by atoms with E-state index in [-0.39, 0.29) is 5.91 Å². The van der Waals surface area contributed by atoms with Crippen molar-refractivity contribution in [1.29, 1.82) is 0 Å². The number of aromatic nitrogens is 2. The molecule has 1 aliphatic rings. The van der Waals surface area contributed by atoms with Crippen LogP contribution in [0.15, 0.2) is 30.6 Å². The van der Waals surface area contributed by atoms with Crippen LogP contribution in [0.2, 0.25) is 0 Å². The zero-order valence-corrected chi connectivity index (χ0v) is 13.4. The van der Waals surface area contributed by atoms with Gasteiger partial charge < -0.3 is 15.0 Å². The Kier molecular flexibility index (Phi) is 4.52. The van der Waals surface area contributed by atoms with Crippen molar-refractivity contribution in [1.82, 2.24) is 9.97 Å². The molecule has 6 nitrogen and oxygen atoms in total. The van der Waals surface area contributed by atoms with Crippen LogP contribution < -0.4 is 10.2 Å². The third-order valence-corrected chi connectivity index (χ3v) is 3.96. The normalized spacial score (nSPS) is 14.6. The van der Waals surface area contributed by atoms with Gasteiger partial charge >= 0.3 is 0 Å². The van der Waals surface area contributed by atoms with Crippen LogP contribution in [0.1, 0.15) is 21.5 Å². The van der Waals surface area contributed by atoms with E-state index in [0.29, 0.717) is 30.4 Å². The highest BCUT2D eigenvalue weighted by atomic mass is 16.5. The molecule has 1 aromatic carbocycles. The second kappa shape index (κ2) is 6.75. The van der Waals surface area contributed by atoms with Crippen LogP contribution in [-0.4, -0.2) is 42.2 Å². The first kappa shape index (κ1) is 15.4. The van der Waals surface area contributed by atoms with E-state index >= 15 is 0 Å². The minimum atomic E-state index is -0.157. The molecule has 1 N–H and O–H groups in total. The summed E-state index contributed by atoms with van der Waals surface area (Å²) in [5.41, 5.74) is 3.48. The van der Waals surface area contributed by atoms with Gasteiger partial charge in [0.15, 0.2) is 0 Å². The van der Waals surface area contributed by atoms with Crippen molar-refractivity contribution < 1.29 is 9.53 Å². The highest BCUT2D eigenvalue weighted by molar-refractivity contribution is 6.04. The minimum Gasteiger partial charge on any atom is -0.378 e. The summed E-state index contributed by atoms with van der Waals surface area (Å²) in [4.78, 5) is 23.0. The second-order valence-electron chi connectivity index (χ2n) is 5.62. The van der Waals surface area contributed by atoms with Crippen molar-refractivity contribution >= 4 is 17.5 Å². The summed E-state index contributed by atoms with van der Waals surface area (Å²) in [5.74, 6) is 0.508. The number of nitrogens with one attached hydrogen (secondary N) is 1. The molecule has 0 unspecified atom stereocenters.